The van der Waals surface area contributed by atoms with Crippen LogP contribution in [0.15, 0.2) is 59.3 Å². The Balaban J connectivity index is 2.15. The lowest BCUT2D eigenvalue weighted by Crippen LogP contribution is -2.42. The summed E-state index contributed by atoms with van der Waals surface area (Å²) in [6.07, 6.45) is 4.38. The maximum absolute atomic E-state index is 13.0. The Kier molecular flexibility index (Phi) is 7.92. The van der Waals surface area contributed by atoms with Crippen LogP contribution >= 0.6 is 15.9 Å². The molecular weight excluding hydrogens is 433 g/mol. The summed E-state index contributed by atoms with van der Waals surface area (Å²) >= 11 is 3.15. The maximum atomic E-state index is 13.0. The van der Waals surface area contributed by atoms with Crippen molar-refractivity contribution in [3.8, 4) is 0 Å². The van der Waals surface area contributed by atoms with E-state index in [1.54, 1.807) is 18.3 Å². The molecule has 1 aromatic rings. The Morgan fingerprint density at radius 1 is 1.32 bits per heavy atom. The lowest BCUT2D eigenvalue weighted by Gasteiger charge is -2.41. The molecule has 1 fully saturated rings. The lowest BCUT2D eigenvalue weighted by molar-refractivity contribution is -0.137. The predicted octanol–water partition coefficient (Wildman–Crippen LogP) is 5.28. The number of halogens is 4. The van der Waals surface area contributed by atoms with Gasteiger partial charge < -0.3 is 15.4 Å². The minimum absolute atomic E-state index is 0.100. The summed E-state index contributed by atoms with van der Waals surface area (Å²) in [4.78, 5) is 2.24. The predicted molar refractivity (Wildman–Crippen MR) is 110 cm³/mol. The van der Waals surface area contributed by atoms with Crippen LogP contribution in [0.4, 0.5) is 13.2 Å². The van der Waals surface area contributed by atoms with E-state index >= 15 is 0 Å². The molecule has 1 saturated heterocycles. The Morgan fingerprint density at radius 3 is 2.57 bits per heavy atom. The van der Waals surface area contributed by atoms with Gasteiger partial charge in [-0.05, 0) is 68.5 Å². The Hall–Kier alpha value is -1.57. The van der Waals surface area contributed by atoms with Crippen molar-refractivity contribution in [3.05, 3.63) is 70.4 Å². The van der Waals surface area contributed by atoms with Crippen molar-refractivity contribution in [2.24, 2.45) is 11.1 Å². The van der Waals surface area contributed by atoms with Gasteiger partial charge in [-0.25, -0.2) is 0 Å². The van der Waals surface area contributed by atoms with Gasteiger partial charge in [0, 0.05) is 9.89 Å². The molecule has 0 saturated carbocycles. The zero-order valence-electron chi connectivity index (χ0n) is 15.9. The number of allylic oxidation sites excluding steroid dienone is 3. The molecule has 0 unspecified atom stereocenters. The minimum atomic E-state index is -4.39. The first kappa shape index (κ1) is 22.7. The van der Waals surface area contributed by atoms with Crippen LogP contribution < -0.4 is 5.73 Å². The van der Waals surface area contributed by atoms with Gasteiger partial charge in [-0.2, -0.15) is 13.2 Å². The number of benzene rings is 1. The van der Waals surface area contributed by atoms with Crippen molar-refractivity contribution in [1.82, 2.24) is 4.90 Å². The summed E-state index contributed by atoms with van der Waals surface area (Å²) in [5.74, 6) is 0. The fourth-order valence-corrected chi connectivity index (χ4v) is 3.95. The summed E-state index contributed by atoms with van der Waals surface area (Å²) in [5, 5.41) is 0. The van der Waals surface area contributed by atoms with E-state index in [0.29, 0.717) is 16.6 Å². The Morgan fingerprint density at radius 2 is 2.00 bits per heavy atom. The summed E-state index contributed by atoms with van der Waals surface area (Å²) < 4.78 is 45.4. The van der Waals surface area contributed by atoms with E-state index in [1.165, 1.54) is 0 Å². The van der Waals surface area contributed by atoms with Crippen LogP contribution in [-0.2, 0) is 17.5 Å². The highest BCUT2D eigenvalue weighted by Gasteiger charge is 2.36. The van der Waals surface area contributed by atoms with E-state index in [1.807, 2.05) is 12.2 Å². The second-order valence-electron chi connectivity index (χ2n) is 7.14. The number of ether oxygens (including phenoxy) is 1. The van der Waals surface area contributed by atoms with Gasteiger partial charge in [0.15, 0.2) is 0 Å². The van der Waals surface area contributed by atoms with Gasteiger partial charge in [-0.1, -0.05) is 40.7 Å². The third-order valence-electron chi connectivity index (χ3n) is 5.08. The molecule has 28 heavy (non-hydrogen) atoms. The molecule has 2 N–H and O–H groups in total. The number of alkyl halides is 3. The monoisotopic (exact) mass is 458 g/mol. The topological polar surface area (TPSA) is 38.5 Å². The van der Waals surface area contributed by atoms with Crippen molar-refractivity contribution < 1.29 is 17.9 Å². The zero-order valence-corrected chi connectivity index (χ0v) is 17.5. The van der Waals surface area contributed by atoms with Gasteiger partial charge in [-0.15, -0.1) is 0 Å². The number of nitrogens with two attached hydrogens (primary N) is 1. The standard InChI is InChI=1S/C21H26BrF3N2O/c1-3-4-5-17(13-26)20(6-8-27(2)9-7-20)15-28-14-16-10-18(21(23,24)25)12-19(22)11-16/h3-5,10-13H,1,6-9,14-15,26H2,2H3/b5-4-,17-13+. The Labute approximate surface area is 172 Å². The van der Waals surface area contributed by atoms with Crippen LogP contribution in [0.1, 0.15) is 24.0 Å². The quantitative estimate of drug-likeness (QED) is 0.564. The third kappa shape index (κ3) is 5.96. The molecular formula is C21H26BrF3N2O. The first-order valence-corrected chi connectivity index (χ1v) is 9.84. The van der Waals surface area contributed by atoms with Crippen LogP contribution in [-0.4, -0.2) is 31.6 Å². The van der Waals surface area contributed by atoms with E-state index in [4.69, 9.17) is 10.5 Å². The molecule has 0 aromatic heterocycles. The summed E-state index contributed by atoms with van der Waals surface area (Å²) in [5.41, 5.74) is 6.37. The molecule has 7 heteroatoms. The smallest absolute Gasteiger partial charge is 0.404 e. The highest BCUT2D eigenvalue weighted by atomic mass is 79.9. The first-order valence-electron chi connectivity index (χ1n) is 9.04. The molecule has 3 nitrogen and oxygen atoms in total. The number of hydrogen-bond donors (Lipinski definition) is 1. The molecule has 2 rings (SSSR count). The van der Waals surface area contributed by atoms with Crippen molar-refractivity contribution >= 4 is 15.9 Å². The molecule has 0 bridgehead atoms. The molecule has 1 aromatic carbocycles. The lowest BCUT2D eigenvalue weighted by atomic mass is 9.73. The molecule has 1 aliphatic rings. The zero-order chi connectivity index (χ0) is 20.8. The van der Waals surface area contributed by atoms with Crippen molar-refractivity contribution in [3.63, 3.8) is 0 Å². The van der Waals surface area contributed by atoms with Gasteiger partial charge in [0.1, 0.15) is 0 Å². The number of nitrogens with zero attached hydrogens (tertiary/aromatic N) is 1. The van der Waals surface area contributed by atoms with Gasteiger partial charge >= 0.3 is 6.18 Å². The number of piperidine rings is 1. The van der Waals surface area contributed by atoms with Crippen LogP contribution in [0, 0.1) is 5.41 Å². The SMILES string of the molecule is C=C/C=C\C(=C/N)C1(COCc2cc(Br)cc(C(F)(F)F)c2)CCN(C)CC1. The number of rotatable bonds is 7. The van der Waals surface area contributed by atoms with Crippen molar-refractivity contribution in [2.45, 2.75) is 25.6 Å². The summed E-state index contributed by atoms with van der Waals surface area (Å²) in [6.45, 7) is 5.98. The molecule has 0 spiro atoms. The average molecular weight is 459 g/mol. The van der Waals surface area contributed by atoms with E-state index < -0.39 is 11.7 Å². The fourth-order valence-electron chi connectivity index (χ4n) is 3.41. The van der Waals surface area contributed by atoms with E-state index in [2.05, 4.69) is 34.5 Å². The van der Waals surface area contributed by atoms with Gasteiger partial charge in [0.25, 0.3) is 0 Å². The van der Waals surface area contributed by atoms with Gasteiger partial charge in [-0.3, -0.25) is 0 Å². The largest absolute Gasteiger partial charge is 0.416 e. The number of hydrogen-bond acceptors (Lipinski definition) is 3. The fraction of sp³-hybridized carbons (Fsp3) is 0.429. The van der Waals surface area contributed by atoms with Crippen LogP contribution in [0.2, 0.25) is 0 Å². The minimum Gasteiger partial charge on any atom is -0.404 e. The van der Waals surface area contributed by atoms with Crippen molar-refractivity contribution in [2.75, 3.05) is 26.7 Å². The highest BCUT2D eigenvalue weighted by molar-refractivity contribution is 9.10. The van der Waals surface area contributed by atoms with E-state index in [0.717, 1.165) is 43.6 Å². The summed E-state index contributed by atoms with van der Waals surface area (Å²) in [7, 11) is 2.07. The molecule has 0 atom stereocenters. The highest BCUT2D eigenvalue weighted by Crippen LogP contribution is 2.40. The van der Waals surface area contributed by atoms with E-state index in [9.17, 15) is 13.2 Å². The molecule has 1 heterocycles. The summed E-state index contributed by atoms with van der Waals surface area (Å²) in [6, 6.07) is 3.84. The Bertz CT molecular complexity index is 736. The van der Waals surface area contributed by atoms with Crippen LogP contribution in [0.3, 0.4) is 0 Å². The van der Waals surface area contributed by atoms with Crippen LogP contribution in [0.25, 0.3) is 0 Å². The molecule has 0 aliphatic carbocycles. The van der Waals surface area contributed by atoms with Crippen molar-refractivity contribution in [1.29, 1.82) is 0 Å². The second-order valence-corrected chi connectivity index (χ2v) is 8.05. The molecule has 0 amide bonds. The normalized spacial score (nSPS) is 18.5. The van der Waals surface area contributed by atoms with Gasteiger partial charge in [0.2, 0.25) is 0 Å². The molecule has 154 valence electrons. The average Bonchev–Trinajstić information content (AvgIpc) is 2.63. The molecule has 0 radical (unpaired) electrons. The third-order valence-corrected chi connectivity index (χ3v) is 5.54. The van der Waals surface area contributed by atoms with Crippen LogP contribution in [0.5, 0.6) is 0 Å². The first-order chi connectivity index (χ1) is 13.2. The van der Waals surface area contributed by atoms with Gasteiger partial charge in [0.05, 0.1) is 18.8 Å². The molecule has 1 aliphatic heterocycles. The second kappa shape index (κ2) is 9.76. The van der Waals surface area contributed by atoms with E-state index in [-0.39, 0.29) is 12.0 Å². The maximum Gasteiger partial charge on any atom is 0.416 e. The number of likely N-dealkylation sites (tertiary alicyclic amines) is 1.